The molecule has 0 unspecified atom stereocenters. The fourth-order valence-corrected chi connectivity index (χ4v) is 4.53. The van der Waals surface area contributed by atoms with Crippen LogP contribution in [0.25, 0.3) is 0 Å². The van der Waals surface area contributed by atoms with Gasteiger partial charge >= 0.3 is 0 Å². The van der Waals surface area contributed by atoms with Gasteiger partial charge in [0.05, 0.1) is 7.11 Å². The fraction of sp³-hybridized carbons (Fsp3) is 0.611. The van der Waals surface area contributed by atoms with Gasteiger partial charge in [-0.2, -0.15) is 4.72 Å². The molecule has 25 heavy (non-hydrogen) atoms. The number of carbonyl (C=O) groups excluding carboxylic acids is 1. The van der Waals surface area contributed by atoms with Gasteiger partial charge in [-0.25, -0.2) is 8.42 Å². The number of sulfonamides is 1. The van der Waals surface area contributed by atoms with Crippen LogP contribution in [0.2, 0.25) is 0 Å². The number of nitrogens with zero attached hydrogens (tertiary/aromatic N) is 1. The van der Waals surface area contributed by atoms with Gasteiger partial charge in [0.15, 0.2) is 0 Å². The number of likely N-dealkylation sites (tertiary alicyclic amines) is 1. The second kappa shape index (κ2) is 8.19. The number of ether oxygens (including phenoxy) is 1. The van der Waals surface area contributed by atoms with Gasteiger partial charge in [-0.15, -0.1) is 0 Å². The summed E-state index contributed by atoms with van der Waals surface area (Å²) in [6.45, 7) is 7.17. The molecule has 1 aromatic carbocycles. The molecule has 0 bridgehead atoms. The number of hydrogen-bond acceptors (Lipinski definition) is 4. The lowest BCUT2D eigenvalue weighted by Gasteiger charge is -2.25. The minimum absolute atomic E-state index is 0.0676. The Morgan fingerprint density at radius 2 is 1.92 bits per heavy atom. The molecule has 0 saturated carbocycles. The quantitative estimate of drug-likeness (QED) is 0.801. The first kappa shape index (κ1) is 19.7. The fourth-order valence-electron chi connectivity index (χ4n) is 3.07. The zero-order chi connectivity index (χ0) is 18.6. The highest BCUT2D eigenvalue weighted by Crippen LogP contribution is 2.25. The summed E-state index contributed by atoms with van der Waals surface area (Å²) >= 11 is 0. The molecule has 7 heteroatoms. The van der Waals surface area contributed by atoms with Crippen molar-refractivity contribution in [3.05, 3.63) is 23.8 Å². The first-order chi connectivity index (χ1) is 11.7. The van der Waals surface area contributed by atoms with E-state index in [2.05, 4.69) is 4.72 Å². The van der Waals surface area contributed by atoms with Crippen molar-refractivity contribution >= 4 is 15.9 Å². The van der Waals surface area contributed by atoms with Crippen LogP contribution in [0.5, 0.6) is 5.75 Å². The van der Waals surface area contributed by atoms with Crippen LogP contribution in [0.3, 0.4) is 0 Å². The Kier molecular flexibility index (Phi) is 6.46. The van der Waals surface area contributed by atoms with Gasteiger partial charge in [-0.05, 0) is 49.8 Å². The van der Waals surface area contributed by atoms with Crippen LogP contribution in [0, 0.1) is 12.8 Å². The second-order valence-corrected chi connectivity index (χ2v) is 8.67. The van der Waals surface area contributed by atoms with Crippen molar-refractivity contribution < 1.29 is 17.9 Å². The Bertz CT molecular complexity index is 710. The lowest BCUT2D eigenvalue weighted by Crippen LogP contribution is -2.48. The molecule has 1 saturated heterocycles. The molecule has 0 aliphatic carbocycles. The van der Waals surface area contributed by atoms with Crippen molar-refractivity contribution in [1.29, 1.82) is 0 Å². The van der Waals surface area contributed by atoms with Crippen molar-refractivity contribution in [3.8, 4) is 5.75 Å². The summed E-state index contributed by atoms with van der Waals surface area (Å²) in [5, 5.41) is 0. The molecule has 1 atom stereocenters. The van der Waals surface area contributed by atoms with E-state index in [1.54, 1.807) is 23.1 Å². The molecule has 1 aliphatic heterocycles. The van der Waals surface area contributed by atoms with Crippen LogP contribution in [-0.4, -0.2) is 45.5 Å². The van der Waals surface area contributed by atoms with Crippen molar-refractivity contribution in [2.75, 3.05) is 20.2 Å². The number of methoxy groups -OCH3 is 1. The largest absolute Gasteiger partial charge is 0.495 e. The average molecular weight is 368 g/mol. The number of benzene rings is 1. The summed E-state index contributed by atoms with van der Waals surface area (Å²) in [5.74, 6) is 0.329. The predicted molar refractivity (Wildman–Crippen MR) is 97.1 cm³/mol. The summed E-state index contributed by atoms with van der Waals surface area (Å²) in [7, 11) is -2.43. The van der Waals surface area contributed by atoms with Gasteiger partial charge in [0.1, 0.15) is 16.7 Å². The van der Waals surface area contributed by atoms with E-state index < -0.39 is 16.1 Å². The van der Waals surface area contributed by atoms with E-state index in [1.807, 2.05) is 20.8 Å². The summed E-state index contributed by atoms with van der Waals surface area (Å²) in [5.41, 5.74) is 0.812. The SMILES string of the molecule is COc1ccc(C)cc1S(=O)(=O)N[C@@H](CC(C)C)C(=O)N1CCCC1. The standard InChI is InChI=1S/C18H28N2O4S/c1-13(2)11-15(18(21)20-9-5-6-10-20)19-25(22,23)17-12-14(3)7-8-16(17)24-4/h7-8,12-13,15,19H,5-6,9-11H2,1-4H3/t15-/m0/s1. The van der Waals surface area contributed by atoms with Crippen molar-refractivity contribution in [1.82, 2.24) is 9.62 Å². The van der Waals surface area contributed by atoms with Crippen LogP contribution < -0.4 is 9.46 Å². The summed E-state index contributed by atoms with van der Waals surface area (Å²) < 4.78 is 33.6. The van der Waals surface area contributed by atoms with Crippen LogP contribution in [-0.2, 0) is 14.8 Å². The summed E-state index contributed by atoms with van der Waals surface area (Å²) in [6, 6.07) is 4.23. The molecule has 1 amide bonds. The Hall–Kier alpha value is -1.60. The molecule has 1 heterocycles. The molecule has 2 rings (SSSR count). The Morgan fingerprint density at radius 3 is 2.48 bits per heavy atom. The molecule has 0 aromatic heterocycles. The Morgan fingerprint density at radius 1 is 1.28 bits per heavy atom. The zero-order valence-electron chi connectivity index (χ0n) is 15.4. The summed E-state index contributed by atoms with van der Waals surface area (Å²) in [4.78, 5) is 14.6. The highest BCUT2D eigenvalue weighted by Gasteiger charge is 2.32. The van der Waals surface area contributed by atoms with E-state index in [9.17, 15) is 13.2 Å². The smallest absolute Gasteiger partial charge is 0.244 e. The Balaban J connectivity index is 2.30. The van der Waals surface area contributed by atoms with Crippen LogP contribution in [0.1, 0.15) is 38.7 Å². The highest BCUT2D eigenvalue weighted by molar-refractivity contribution is 7.89. The Labute approximate surface area is 150 Å². The topological polar surface area (TPSA) is 75.7 Å². The number of hydrogen-bond donors (Lipinski definition) is 1. The maximum Gasteiger partial charge on any atom is 0.244 e. The van der Waals surface area contributed by atoms with Gasteiger partial charge in [0.25, 0.3) is 0 Å². The molecular formula is C18H28N2O4S. The average Bonchev–Trinajstić information content (AvgIpc) is 3.07. The zero-order valence-corrected chi connectivity index (χ0v) is 16.2. The number of carbonyl (C=O) groups is 1. The second-order valence-electron chi connectivity index (χ2n) is 6.99. The molecule has 1 N–H and O–H groups in total. The summed E-state index contributed by atoms with van der Waals surface area (Å²) in [6.07, 6.45) is 2.40. The van der Waals surface area contributed by atoms with Gasteiger partial charge in [0.2, 0.25) is 15.9 Å². The minimum Gasteiger partial charge on any atom is -0.495 e. The van der Waals surface area contributed by atoms with Gasteiger partial charge in [-0.3, -0.25) is 4.79 Å². The first-order valence-electron chi connectivity index (χ1n) is 8.70. The normalized spacial score (nSPS) is 16.3. The van der Waals surface area contributed by atoms with Crippen LogP contribution >= 0.6 is 0 Å². The van der Waals surface area contributed by atoms with E-state index in [4.69, 9.17) is 4.74 Å². The van der Waals surface area contributed by atoms with Crippen molar-refractivity contribution in [2.45, 2.75) is 51.0 Å². The third-order valence-corrected chi connectivity index (χ3v) is 5.82. The third-order valence-electron chi connectivity index (χ3n) is 4.33. The maximum absolute atomic E-state index is 12.9. The molecule has 1 aromatic rings. The molecule has 140 valence electrons. The number of rotatable bonds is 7. The molecule has 0 spiro atoms. The van der Waals surface area contributed by atoms with E-state index in [0.29, 0.717) is 19.5 Å². The first-order valence-corrected chi connectivity index (χ1v) is 10.2. The lowest BCUT2D eigenvalue weighted by atomic mass is 10.0. The van der Waals surface area contributed by atoms with E-state index in [-0.39, 0.29) is 22.5 Å². The molecular weight excluding hydrogens is 340 g/mol. The number of nitrogens with one attached hydrogen (secondary N) is 1. The minimum atomic E-state index is -3.87. The van der Waals surface area contributed by atoms with Gasteiger partial charge < -0.3 is 9.64 Å². The van der Waals surface area contributed by atoms with Crippen molar-refractivity contribution in [3.63, 3.8) is 0 Å². The molecule has 6 nitrogen and oxygen atoms in total. The molecule has 1 fully saturated rings. The molecule has 1 aliphatic rings. The van der Waals surface area contributed by atoms with Gasteiger partial charge in [0, 0.05) is 13.1 Å². The number of aryl methyl sites for hydroxylation is 1. The molecule has 0 radical (unpaired) electrons. The lowest BCUT2D eigenvalue weighted by molar-refractivity contribution is -0.132. The third kappa shape index (κ3) is 4.95. The number of amides is 1. The van der Waals surface area contributed by atoms with E-state index in [1.165, 1.54) is 7.11 Å². The van der Waals surface area contributed by atoms with Gasteiger partial charge in [-0.1, -0.05) is 19.9 Å². The van der Waals surface area contributed by atoms with Crippen LogP contribution in [0.15, 0.2) is 23.1 Å². The predicted octanol–water partition coefficient (Wildman–Crippen LogP) is 2.32. The van der Waals surface area contributed by atoms with E-state index in [0.717, 1.165) is 18.4 Å². The van der Waals surface area contributed by atoms with Crippen LogP contribution in [0.4, 0.5) is 0 Å². The highest BCUT2D eigenvalue weighted by atomic mass is 32.2. The van der Waals surface area contributed by atoms with E-state index >= 15 is 0 Å². The van der Waals surface area contributed by atoms with Crippen molar-refractivity contribution in [2.24, 2.45) is 5.92 Å². The monoisotopic (exact) mass is 368 g/mol. The maximum atomic E-state index is 12.9.